The quantitative estimate of drug-likeness (QED) is 0.651. The highest BCUT2D eigenvalue weighted by atomic mass is 32.1. The fourth-order valence-electron chi connectivity index (χ4n) is 2.70. The molecule has 0 radical (unpaired) electrons. The first-order valence-electron chi connectivity index (χ1n) is 8.34. The maximum Gasteiger partial charge on any atom is 0.227 e. The number of carbonyl (C=O) groups is 1. The fourth-order valence-corrected chi connectivity index (χ4v) is 3.41. The molecule has 3 aromatic heterocycles. The van der Waals surface area contributed by atoms with Crippen LogP contribution in [0.3, 0.4) is 0 Å². The molecule has 1 fully saturated rings. The lowest BCUT2D eigenvalue weighted by molar-refractivity contribution is -0.132. The Morgan fingerprint density at radius 2 is 2.24 bits per heavy atom. The summed E-state index contributed by atoms with van der Waals surface area (Å²) in [5.41, 5.74) is 0.807. The van der Waals surface area contributed by atoms with Crippen molar-refractivity contribution in [2.24, 2.45) is 0 Å². The number of aromatic nitrogens is 3. The van der Waals surface area contributed by atoms with E-state index in [9.17, 15) is 4.79 Å². The highest BCUT2D eigenvalue weighted by Crippen LogP contribution is 2.30. The van der Waals surface area contributed by atoms with Crippen molar-refractivity contribution in [2.45, 2.75) is 38.3 Å². The molecule has 0 atom stereocenters. The van der Waals surface area contributed by atoms with E-state index >= 15 is 0 Å². The summed E-state index contributed by atoms with van der Waals surface area (Å²) in [7, 11) is 0. The second-order valence-electron chi connectivity index (χ2n) is 6.09. The zero-order valence-corrected chi connectivity index (χ0v) is 14.5. The van der Waals surface area contributed by atoms with Crippen molar-refractivity contribution >= 4 is 17.2 Å². The monoisotopic (exact) mass is 354 g/mol. The van der Waals surface area contributed by atoms with Crippen LogP contribution < -0.4 is 0 Å². The molecule has 0 aromatic carbocycles. The van der Waals surface area contributed by atoms with Gasteiger partial charge in [-0.25, -0.2) is 0 Å². The van der Waals surface area contributed by atoms with Crippen molar-refractivity contribution < 1.29 is 9.32 Å². The van der Waals surface area contributed by atoms with Crippen LogP contribution in [0.15, 0.2) is 46.6 Å². The van der Waals surface area contributed by atoms with Crippen LogP contribution in [0.5, 0.6) is 0 Å². The molecule has 4 rings (SSSR count). The van der Waals surface area contributed by atoms with Gasteiger partial charge in [-0.1, -0.05) is 11.2 Å². The number of thiophene rings is 1. The van der Waals surface area contributed by atoms with Gasteiger partial charge in [0.05, 0.1) is 6.54 Å². The molecule has 25 heavy (non-hydrogen) atoms. The van der Waals surface area contributed by atoms with Gasteiger partial charge in [0.15, 0.2) is 0 Å². The summed E-state index contributed by atoms with van der Waals surface area (Å²) in [5, 5.41) is 6.01. The SMILES string of the molecule is O=C(CCc1nc(-c2cccnc2)no1)N(Cc1cccs1)C1CC1. The number of aryl methyl sites for hydroxylation is 1. The molecule has 0 saturated heterocycles. The summed E-state index contributed by atoms with van der Waals surface area (Å²) < 4.78 is 5.27. The molecule has 7 heteroatoms. The number of carbonyl (C=O) groups excluding carboxylic acids is 1. The topological polar surface area (TPSA) is 72.1 Å². The van der Waals surface area contributed by atoms with E-state index < -0.39 is 0 Å². The minimum absolute atomic E-state index is 0.150. The molecular formula is C18H18N4O2S. The number of hydrogen-bond donors (Lipinski definition) is 0. The van der Waals surface area contributed by atoms with Gasteiger partial charge in [0.1, 0.15) is 0 Å². The average Bonchev–Trinajstić information content (AvgIpc) is 3.16. The predicted octanol–water partition coefficient (Wildman–Crippen LogP) is 3.32. The Bertz CT molecular complexity index is 828. The number of pyridine rings is 1. The Balaban J connectivity index is 1.37. The van der Waals surface area contributed by atoms with Crippen molar-refractivity contribution in [3.63, 3.8) is 0 Å². The molecule has 1 aliphatic carbocycles. The van der Waals surface area contributed by atoms with Gasteiger partial charge in [0, 0.05) is 41.7 Å². The van der Waals surface area contributed by atoms with Crippen molar-refractivity contribution in [1.82, 2.24) is 20.0 Å². The fraction of sp³-hybridized carbons (Fsp3) is 0.333. The molecule has 1 amide bonds. The third kappa shape index (κ3) is 3.93. The van der Waals surface area contributed by atoms with E-state index in [-0.39, 0.29) is 5.91 Å². The highest BCUT2D eigenvalue weighted by molar-refractivity contribution is 7.09. The molecule has 1 aliphatic rings. The molecule has 3 aromatic rings. The van der Waals surface area contributed by atoms with Gasteiger partial charge in [-0.15, -0.1) is 11.3 Å². The zero-order valence-electron chi connectivity index (χ0n) is 13.7. The minimum Gasteiger partial charge on any atom is -0.339 e. The van der Waals surface area contributed by atoms with Gasteiger partial charge in [0.25, 0.3) is 0 Å². The Morgan fingerprint density at radius 1 is 1.32 bits per heavy atom. The van der Waals surface area contributed by atoms with E-state index in [1.165, 1.54) is 4.88 Å². The lowest BCUT2D eigenvalue weighted by Crippen LogP contribution is -2.32. The van der Waals surface area contributed by atoms with Crippen molar-refractivity contribution in [3.8, 4) is 11.4 Å². The molecule has 0 bridgehead atoms. The smallest absolute Gasteiger partial charge is 0.227 e. The zero-order chi connectivity index (χ0) is 17.1. The second-order valence-corrected chi connectivity index (χ2v) is 7.12. The molecular weight excluding hydrogens is 336 g/mol. The first-order chi connectivity index (χ1) is 12.3. The Hall–Kier alpha value is -2.54. The summed E-state index contributed by atoms with van der Waals surface area (Å²) in [6.07, 6.45) is 6.43. The third-order valence-electron chi connectivity index (χ3n) is 4.15. The average molecular weight is 354 g/mol. The third-order valence-corrected chi connectivity index (χ3v) is 5.02. The van der Waals surface area contributed by atoms with E-state index in [2.05, 4.69) is 21.2 Å². The van der Waals surface area contributed by atoms with E-state index in [0.29, 0.717) is 37.1 Å². The molecule has 0 N–H and O–H groups in total. The van der Waals surface area contributed by atoms with Crippen LogP contribution in [-0.2, 0) is 17.8 Å². The standard InChI is InChI=1S/C18H18N4O2S/c23-17(22(14-5-6-14)12-15-4-2-10-25-15)8-7-16-20-18(21-24-16)13-3-1-9-19-11-13/h1-4,9-11,14H,5-8,12H2. The molecule has 0 unspecified atom stereocenters. The Labute approximate surface area is 149 Å². The first kappa shape index (κ1) is 16.0. The van der Waals surface area contributed by atoms with Gasteiger partial charge in [-0.3, -0.25) is 9.78 Å². The van der Waals surface area contributed by atoms with Crippen LogP contribution in [-0.4, -0.2) is 32.0 Å². The highest BCUT2D eigenvalue weighted by Gasteiger charge is 2.32. The number of nitrogens with zero attached hydrogens (tertiary/aromatic N) is 4. The number of amides is 1. The van der Waals surface area contributed by atoms with Crippen LogP contribution in [0.1, 0.15) is 30.0 Å². The Kier molecular flexibility index (Phi) is 4.56. The molecule has 0 spiro atoms. The largest absolute Gasteiger partial charge is 0.339 e. The maximum atomic E-state index is 12.6. The summed E-state index contributed by atoms with van der Waals surface area (Å²) in [6.45, 7) is 0.700. The van der Waals surface area contributed by atoms with E-state index in [1.807, 2.05) is 28.5 Å². The maximum absolute atomic E-state index is 12.6. The van der Waals surface area contributed by atoms with Gasteiger partial charge in [-0.2, -0.15) is 4.98 Å². The summed E-state index contributed by atoms with van der Waals surface area (Å²) >= 11 is 1.69. The van der Waals surface area contributed by atoms with Crippen LogP contribution in [0, 0.1) is 0 Å². The first-order valence-corrected chi connectivity index (χ1v) is 9.22. The normalized spacial score (nSPS) is 13.8. The van der Waals surface area contributed by atoms with Crippen molar-refractivity contribution in [2.75, 3.05) is 0 Å². The second kappa shape index (κ2) is 7.14. The molecule has 6 nitrogen and oxygen atoms in total. The van der Waals surface area contributed by atoms with Gasteiger partial charge < -0.3 is 9.42 Å². The van der Waals surface area contributed by atoms with Gasteiger partial charge in [-0.05, 0) is 36.4 Å². The van der Waals surface area contributed by atoms with E-state index in [0.717, 1.165) is 18.4 Å². The molecule has 3 heterocycles. The summed E-state index contributed by atoms with van der Waals surface area (Å²) in [6, 6.07) is 8.19. The summed E-state index contributed by atoms with van der Waals surface area (Å²) in [4.78, 5) is 24.3. The number of rotatable bonds is 7. The lowest BCUT2D eigenvalue weighted by atomic mass is 10.2. The number of hydrogen-bond acceptors (Lipinski definition) is 6. The van der Waals surface area contributed by atoms with Crippen molar-refractivity contribution in [3.05, 3.63) is 52.8 Å². The molecule has 1 saturated carbocycles. The van der Waals surface area contributed by atoms with E-state index in [4.69, 9.17) is 4.52 Å². The molecule has 128 valence electrons. The van der Waals surface area contributed by atoms with Crippen LogP contribution in [0.2, 0.25) is 0 Å². The van der Waals surface area contributed by atoms with E-state index in [1.54, 1.807) is 23.7 Å². The predicted molar refractivity (Wildman–Crippen MR) is 93.7 cm³/mol. The minimum atomic E-state index is 0.150. The van der Waals surface area contributed by atoms with Crippen molar-refractivity contribution in [1.29, 1.82) is 0 Å². The summed E-state index contributed by atoms with van der Waals surface area (Å²) in [5.74, 6) is 1.14. The van der Waals surface area contributed by atoms with Gasteiger partial charge >= 0.3 is 0 Å². The Morgan fingerprint density at radius 3 is 2.96 bits per heavy atom. The van der Waals surface area contributed by atoms with Crippen LogP contribution >= 0.6 is 11.3 Å². The van der Waals surface area contributed by atoms with Gasteiger partial charge in [0.2, 0.25) is 17.6 Å². The van der Waals surface area contributed by atoms with Crippen LogP contribution in [0.25, 0.3) is 11.4 Å². The lowest BCUT2D eigenvalue weighted by Gasteiger charge is -2.21. The van der Waals surface area contributed by atoms with Crippen LogP contribution in [0.4, 0.5) is 0 Å². The molecule has 0 aliphatic heterocycles.